The molecule has 0 N–H and O–H groups in total. The SMILES string of the molecule is CCC(C)CN(C)CCOc1cccc(C#N)c1. The molecule has 18 heavy (non-hydrogen) atoms. The van der Waals surface area contributed by atoms with E-state index in [2.05, 4.69) is 31.9 Å². The molecule has 1 atom stereocenters. The average molecular weight is 246 g/mol. The van der Waals surface area contributed by atoms with Crippen molar-refractivity contribution < 1.29 is 4.74 Å². The summed E-state index contributed by atoms with van der Waals surface area (Å²) in [4.78, 5) is 2.28. The molecule has 0 fully saturated rings. The Morgan fingerprint density at radius 2 is 2.22 bits per heavy atom. The predicted molar refractivity (Wildman–Crippen MR) is 73.6 cm³/mol. The van der Waals surface area contributed by atoms with Crippen LogP contribution in [0.4, 0.5) is 0 Å². The largest absolute Gasteiger partial charge is 0.492 e. The molecule has 0 aromatic heterocycles. The number of benzene rings is 1. The van der Waals surface area contributed by atoms with E-state index in [9.17, 15) is 0 Å². The molecule has 3 nitrogen and oxygen atoms in total. The van der Waals surface area contributed by atoms with Gasteiger partial charge in [0.2, 0.25) is 0 Å². The Bertz CT molecular complexity index is 398. The lowest BCUT2D eigenvalue weighted by Crippen LogP contribution is -2.28. The molecular weight excluding hydrogens is 224 g/mol. The van der Waals surface area contributed by atoms with Crippen LogP contribution in [-0.2, 0) is 0 Å². The molecule has 1 aromatic carbocycles. The number of rotatable bonds is 7. The summed E-state index contributed by atoms with van der Waals surface area (Å²) in [5, 5.41) is 8.79. The summed E-state index contributed by atoms with van der Waals surface area (Å²) in [5.74, 6) is 1.49. The topological polar surface area (TPSA) is 36.3 Å². The molecule has 0 aliphatic carbocycles. The van der Waals surface area contributed by atoms with Crippen molar-refractivity contribution in [2.75, 3.05) is 26.7 Å². The molecule has 0 spiro atoms. The van der Waals surface area contributed by atoms with Gasteiger partial charge in [-0.1, -0.05) is 26.3 Å². The Morgan fingerprint density at radius 3 is 2.89 bits per heavy atom. The third kappa shape index (κ3) is 5.20. The van der Waals surface area contributed by atoms with E-state index < -0.39 is 0 Å². The molecule has 0 saturated carbocycles. The maximum absolute atomic E-state index is 8.79. The first kappa shape index (κ1) is 14.5. The van der Waals surface area contributed by atoms with Crippen molar-refractivity contribution >= 4 is 0 Å². The number of hydrogen-bond acceptors (Lipinski definition) is 3. The molecule has 0 heterocycles. The first-order chi connectivity index (χ1) is 8.65. The lowest BCUT2D eigenvalue weighted by Gasteiger charge is -2.20. The third-order valence-electron chi connectivity index (χ3n) is 3.03. The summed E-state index contributed by atoms with van der Waals surface area (Å²) in [7, 11) is 2.11. The molecule has 0 aliphatic rings. The molecular formula is C15H22N2O. The standard InChI is InChI=1S/C15H22N2O/c1-4-13(2)12-17(3)8-9-18-15-7-5-6-14(10-15)11-16/h5-7,10,13H,4,8-9,12H2,1-3H3. The Balaban J connectivity index is 2.31. The van der Waals surface area contributed by atoms with E-state index in [0.29, 0.717) is 12.2 Å². The summed E-state index contributed by atoms with van der Waals surface area (Å²) >= 11 is 0. The Morgan fingerprint density at radius 1 is 1.44 bits per heavy atom. The molecule has 0 radical (unpaired) electrons. The smallest absolute Gasteiger partial charge is 0.120 e. The zero-order valence-corrected chi connectivity index (χ0v) is 11.5. The van der Waals surface area contributed by atoms with E-state index in [4.69, 9.17) is 10.00 Å². The minimum Gasteiger partial charge on any atom is -0.492 e. The second-order valence-corrected chi connectivity index (χ2v) is 4.76. The fourth-order valence-corrected chi connectivity index (χ4v) is 1.73. The van der Waals surface area contributed by atoms with Gasteiger partial charge in [0.15, 0.2) is 0 Å². The highest BCUT2D eigenvalue weighted by Gasteiger charge is 2.04. The molecule has 0 saturated heterocycles. The predicted octanol–water partition coefficient (Wildman–Crippen LogP) is 2.91. The van der Waals surface area contributed by atoms with Gasteiger partial charge in [0.25, 0.3) is 0 Å². The van der Waals surface area contributed by atoms with Crippen molar-refractivity contribution in [3.63, 3.8) is 0 Å². The molecule has 98 valence electrons. The summed E-state index contributed by atoms with van der Waals surface area (Å²) in [6.45, 7) is 7.12. The minimum atomic E-state index is 0.639. The van der Waals surface area contributed by atoms with Crippen LogP contribution < -0.4 is 4.74 Å². The molecule has 1 unspecified atom stereocenters. The van der Waals surface area contributed by atoms with Crippen molar-refractivity contribution in [1.82, 2.24) is 4.90 Å². The highest BCUT2D eigenvalue weighted by Crippen LogP contribution is 2.12. The van der Waals surface area contributed by atoms with Gasteiger partial charge in [-0.2, -0.15) is 5.26 Å². The highest BCUT2D eigenvalue weighted by molar-refractivity contribution is 5.36. The number of ether oxygens (including phenoxy) is 1. The van der Waals surface area contributed by atoms with E-state index in [1.165, 1.54) is 6.42 Å². The average Bonchev–Trinajstić information content (AvgIpc) is 2.38. The molecule has 3 heteroatoms. The fourth-order valence-electron chi connectivity index (χ4n) is 1.73. The first-order valence-corrected chi connectivity index (χ1v) is 6.47. The van der Waals surface area contributed by atoms with Gasteiger partial charge < -0.3 is 9.64 Å². The van der Waals surface area contributed by atoms with Crippen LogP contribution >= 0.6 is 0 Å². The van der Waals surface area contributed by atoms with Gasteiger partial charge in [0, 0.05) is 13.1 Å². The van der Waals surface area contributed by atoms with Crippen LogP contribution in [-0.4, -0.2) is 31.6 Å². The van der Waals surface area contributed by atoms with Crippen molar-refractivity contribution in [1.29, 1.82) is 5.26 Å². The second kappa shape index (κ2) is 7.73. The van der Waals surface area contributed by atoms with Crippen LogP contribution in [0.1, 0.15) is 25.8 Å². The van der Waals surface area contributed by atoms with E-state index in [0.717, 1.165) is 24.8 Å². The third-order valence-corrected chi connectivity index (χ3v) is 3.03. The normalized spacial score (nSPS) is 12.2. The first-order valence-electron chi connectivity index (χ1n) is 6.47. The van der Waals surface area contributed by atoms with E-state index in [1.54, 1.807) is 12.1 Å². The zero-order valence-electron chi connectivity index (χ0n) is 11.5. The van der Waals surface area contributed by atoms with Crippen LogP contribution in [0.2, 0.25) is 0 Å². The number of hydrogen-bond donors (Lipinski definition) is 0. The van der Waals surface area contributed by atoms with Gasteiger partial charge >= 0.3 is 0 Å². The summed E-state index contributed by atoms with van der Waals surface area (Å²) in [6, 6.07) is 9.39. The van der Waals surface area contributed by atoms with Crippen molar-refractivity contribution in [3.05, 3.63) is 29.8 Å². The Hall–Kier alpha value is -1.53. The molecule has 1 aromatic rings. The number of likely N-dealkylation sites (N-methyl/N-ethyl adjacent to an activating group) is 1. The van der Waals surface area contributed by atoms with E-state index >= 15 is 0 Å². The Kier molecular flexibility index (Phi) is 6.24. The fraction of sp³-hybridized carbons (Fsp3) is 0.533. The van der Waals surface area contributed by atoms with E-state index in [-0.39, 0.29) is 0 Å². The van der Waals surface area contributed by atoms with Crippen molar-refractivity contribution in [3.8, 4) is 11.8 Å². The second-order valence-electron chi connectivity index (χ2n) is 4.76. The quantitative estimate of drug-likeness (QED) is 0.742. The summed E-state index contributed by atoms with van der Waals surface area (Å²) < 4.78 is 5.64. The van der Waals surface area contributed by atoms with Gasteiger partial charge in [0.05, 0.1) is 11.6 Å². The maximum atomic E-state index is 8.79. The lowest BCUT2D eigenvalue weighted by atomic mass is 10.1. The van der Waals surface area contributed by atoms with Gasteiger partial charge in [-0.25, -0.2) is 0 Å². The minimum absolute atomic E-state index is 0.639. The molecule has 0 bridgehead atoms. The van der Waals surface area contributed by atoms with Crippen molar-refractivity contribution in [2.45, 2.75) is 20.3 Å². The van der Waals surface area contributed by atoms with Crippen LogP contribution in [0.25, 0.3) is 0 Å². The molecule has 0 aliphatic heterocycles. The Labute approximate surface area is 110 Å². The lowest BCUT2D eigenvalue weighted by molar-refractivity contribution is 0.217. The van der Waals surface area contributed by atoms with Crippen LogP contribution in [0, 0.1) is 17.2 Å². The van der Waals surface area contributed by atoms with Gasteiger partial charge in [-0.3, -0.25) is 0 Å². The monoisotopic (exact) mass is 246 g/mol. The van der Waals surface area contributed by atoms with Gasteiger partial charge in [-0.05, 0) is 31.2 Å². The number of nitrogens with zero attached hydrogens (tertiary/aromatic N) is 2. The van der Waals surface area contributed by atoms with Crippen LogP contribution in [0.5, 0.6) is 5.75 Å². The summed E-state index contributed by atoms with van der Waals surface area (Å²) in [5.41, 5.74) is 0.639. The van der Waals surface area contributed by atoms with Crippen molar-refractivity contribution in [2.24, 2.45) is 5.92 Å². The number of nitriles is 1. The van der Waals surface area contributed by atoms with Crippen LogP contribution in [0.3, 0.4) is 0 Å². The molecule has 0 amide bonds. The van der Waals surface area contributed by atoms with Crippen LogP contribution in [0.15, 0.2) is 24.3 Å². The summed E-state index contributed by atoms with van der Waals surface area (Å²) in [6.07, 6.45) is 1.20. The zero-order chi connectivity index (χ0) is 13.4. The van der Waals surface area contributed by atoms with Gasteiger partial charge in [-0.15, -0.1) is 0 Å². The molecule has 1 rings (SSSR count). The van der Waals surface area contributed by atoms with Gasteiger partial charge in [0.1, 0.15) is 12.4 Å². The highest BCUT2D eigenvalue weighted by atomic mass is 16.5. The van der Waals surface area contributed by atoms with E-state index in [1.807, 2.05) is 12.1 Å². The maximum Gasteiger partial charge on any atom is 0.120 e.